The second-order valence-electron chi connectivity index (χ2n) is 6.42. The highest BCUT2D eigenvalue weighted by molar-refractivity contribution is 5.94. The van der Waals surface area contributed by atoms with Crippen molar-refractivity contribution in [3.63, 3.8) is 0 Å². The van der Waals surface area contributed by atoms with Crippen molar-refractivity contribution >= 4 is 11.9 Å². The summed E-state index contributed by atoms with van der Waals surface area (Å²) >= 11 is 0. The molecule has 2 aromatic rings. The lowest BCUT2D eigenvalue weighted by Crippen LogP contribution is -2.41. The van der Waals surface area contributed by atoms with E-state index < -0.39 is 5.97 Å². The lowest BCUT2D eigenvalue weighted by atomic mass is 10.1. The van der Waals surface area contributed by atoms with Crippen LogP contribution in [-0.4, -0.2) is 50.2 Å². The second kappa shape index (κ2) is 5.94. The molecule has 1 saturated carbocycles. The average molecular weight is 341 g/mol. The Kier molecular flexibility index (Phi) is 3.74. The van der Waals surface area contributed by atoms with Crippen LogP contribution in [0.25, 0.3) is 0 Å². The number of carbonyl (C=O) groups excluding carboxylic acids is 2. The Morgan fingerprint density at radius 1 is 1.24 bits per heavy atom. The van der Waals surface area contributed by atoms with Gasteiger partial charge in [0.25, 0.3) is 5.91 Å². The zero-order chi connectivity index (χ0) is 17.6. The van der Waals surface area contributed by atoms with E-state index in [2.05, 4.69) is 19.8 Å². The minimum Gasteiger partial charge on any atom is -0.465 e. The van der Waals surface area contributed by atoms with Crippen LogP contribution < -0.4 is 0 Å². The highest BCUT2D eigenvalue weighted by Gasteiger charge is 2.35. The summed E-state index contributed by atoms with van der Waals surface area (Å²) in [6.45, 7) is 3.14. The standard InChI is InChI=1S/C17H19N5O3/c1-10-15-19-14(11-3-4-11)20-22(15)8-7-21(10)16(23)13-6-5-12(9-18-13)17(24)25-2/h5-6,9-11H,3-4,7-8H2,1-2H3/t10-/m1/s1. The van der Waals surface area contributed by atoms with Gasteiger partial charge in [0, 0.05) is 18.7 Å². The van der Waals surface area contributed by atoms with E-state index in [1.54, 1.807) is 17.0 Å². The van der Waals surface area contributed by atoms with Crippen LogP contribution in [0.4, 0.5) is 0 Å². The summed E-state index contributed by atoms with van der Waals surface area (Å²) in [4.78, 5) is 34.8. The number of pyridine rings is 1. The SMILES string of the molecule is COC(=O)c1ccc(C(=O)N2CCn3nc(C4CC4)nc3[C@H]2C)nc1. The first-order valence-electron chi connectivity index (χ1n) is 8.38. The Labute approximate surface area is 144 Å². The summed E-state index contributed by atoms with van der Waals surface area (Å²) < 4.78 is 6.56. The summed E-state index contributed by atoms with van der Waals surface area (Å²) in [7, 11) is 1.31. The first-order valence-corrected chi connectivity index (χ1v) is 8.38. The van der Waals surface area contributed by atoms with E-state index in [9.17, 15) is 9.59 Å². The molecule has 1 amide bonds. The normalized spacial score (nSPS) is 19.4. The molecule has 2 aromatic heterocycles. The maximum absolute atomic E-state index is 12.8. The van der Waals surface area contributed by atoms with Gasteiger partial charge in [-0.05, 0) is 31.9 Å². The van der Waals surface area contributed by atoms with Gasteiger partial charge < -0.3 is 9.64 Å². The maximum atomic E-state index is 12.8. The average Bonchev–Trinajstić information content (AvgIpc) is 3.40. The number of nitrogens with zero attached hydrogens (tertiary/aromatic N) is 5. The summed E-state index contributed by atoms with van der Waals surface area (Å²) in [5.74, 6) is 1.57. The molecule has 0 bridgehead atoms. The molecular weight excluding hydrogens is 322 g/mol. The molecular formula is C17H19N5O3. The van der Waals surface area contributed by atoms with Crippen LogP contribution >= 0.6 is 0 Å². The molecule has 130 valence electrons. The predicted octanol–water partition coefficient (Wildman–Crippen LogP) is 1.55. The molecule has 8 heteroatoms. The number of rotatable bonds is 3. The van der Waals surface area contributed by atoms with Gasteiger partial charge in [0.05, 0.1) is 25.3 Å². The number of carbonyl (C=O) groups is 2. The van der Waals surface area contributed by atoms with Gasteiger partial charge in [-0.15, -0.1) is 0 Å². The highest BCUT2D eigenvalue weighted by atomic mass is 16.5. The zero-order valence-corrected chi connectivity index (χ0v) is 14.2. The number of esters is 1. The smallest absolute Gasteiger partial charge is 0.339 e. The molecule has 25 heavy (non-hydrogen) atoms. The topological polar surface area (TPSA) is 90.2 Å². The van der Waals surface area contributed by atoms with Crippen LogP contribution in [0.2, 0.25) is 0 Å². The fourth-order valence-corrected chi connectivity index (χ4v) is 3.08. The highest BCUT2D eigenvalue weighted by Crippen LogP contribution is 2.39. The van der Waals surface area contributed by atoms with Gasteiger partial charge in [-0.3, -0.25) is 9.78 Å². The Morgan fingerprint density at radius 3 is 2.68 bits per heavy atom. The molecule has 0 spiro atoms. The van der Waals surface area contributed by atoms with E-state index in [4.69, 9.17) is 0 Å². The third-order valence-electron chi connectivity index (χ3n) is 4.72. The molecule has 1 aliphatic carbocycles. The predicted molar refractivity (Wildman–Crippen MR) is 87.0 cm³/mol. The molecule has 0 radical (unpaired) electrons. The Morgan fingerprint density at radius 2 is 2.04 bits per heavy atom. The monoisotopic (exact) mass is 341 g/mol. The number of hydrogen-bond donors (Lipinski definition) is 0. The van der Waals surface area contributed by atoms with Gasteiger partial charge in [0.1, 0.15) is 11.5 Å². The Hall–Kier alpha value is -2.77. The van der Waals surface area contributed by atoms with Gasteiger partial charge in [-0.1, -0.05) is 0 Å². The van der Waals surface area contributed by atoms with E-state index in [1.807, 2.05) is 11.6 Å². The van der Waals surface area contributed by atoms with E-state index in [0.717, 1.165) is 24.5 Å². The van der Waals surface area contributed by atoms with Crippen LogP contribution in [-0.2, 0) is 11.3 Å². The van der Waals surface area contributed by atoms with Crippen molar-refractivity contribution in [1.29, 1.82) is 0 Å². The minimum atomic E-state index is -0.474. The van der Waals surface area contributed by atoms with Gasteiger partial charge in [0.2, 0.25) is 0 Å². The van der Waals surface area contributed by atoms with Crippen LogP contribution in [0.15, 0.2) is 18.3 Å². The third kappa shape index (κ3) is 2.77. The zero-order valence-electron chi connectivity index (χ0n) is 14.2. The summed E-state index contributed by atoms with van der Waals surface area (Å²) in [6.07, 6.45) is 3.66. The third-order valence-corrected chi connectivity index (χ3v) is 4.72. The number of methoxy groups -OCH3 is 1. The molecule has 2 aliphatic rings. The van der Waals surface area contributed by atoms with Crippen molar-refractivity contribution in [2.75, 3.05) is 13.7 Å². The lowest BCUT2D eigenvalue weighted by Gasteiger charge is -2.32. The van der Waals surface area contributed by atoms with E-state index in [0.29, 0.717) is 30.3 Å². The summed E-state index contributed by atoms with van der Waals surface area (Å²) in [5.41, 5.74) is 0.620. The molecule has 1 fully saturated rings. The molecule has 3 heterocycles. The Bertz CT molecular complexity index is 825. The maximum Gasteiger partial charge on any atom is 0.339 e. The van der Waals surface area contributed by atoms with Crippen molar-refractivity contribution < 1.29 is 14.3 Å². The largest absolute Gasteiger partial charge is 0.465 e. The van der Waals surface area contributed by atoms with E-state index in [1.165, 1.54) is 13.3 Å². The van der Waals surface area contributed by atoms with Crippen LogP contribution in [0.3, 0.4) is 0 Å². The molecule has 0 saturated heterocycles. The van der Waals surface area contributed by atoms with Crippen LogP contribution in [0, 0.1) is 0 Å². The fraction of sp³-hybridized carbons (Fsp3) is 0.471. The quantitative estimate of drug-likeness (QED) is 0.787. The first kappa shape index (κ1) is 15.7. The molecule has 8 nitrogen and oxygen atoms in total. The van der Waals surface area contributed by atoms with Gasteiger partial charge in [0.15, 0.2) is 5.82 Å². The van der Waals surface area contributed by atoms with Crippen molar-refractivity contribution in [2.45, 2.75) is 38.3 Å². The second-order valence-corrected chi connectivity index (χ2v) is 6.42. The molecule has 1 aliphatic heterocycles. The number of fused-ring (bicyclic) bond motifs is 1. The molecule has 0 unspecified atom stereocenters. The number of amides is 1. The molecule has 1 atom stereocenters. The number of hydrogen-bond acceptors (Lipinski definition) is 6. The first-order chi connectivity index (χ1) is 12.1. The van der Waals surface area contributed by atoms with Crippen molar-refractivity contribution in [3.8, 4) is 0 Å². The lowest BCUT2D eigenvalue weighted by molar-refractivity contribution is 0.0593. The number of ether oxygens (including phenoxy) is 1. The molecule has 4 rings (SSSR count). The molecule has 0 N–H and O–H groups in total. The summed E-state index contributed by atoms with van der Waals surface area (Å²) in [6, 6.07) is 2.94. The van der Waals surface area contributed by atoms with Gasteiger partial charge in [-0.25, -0.2) is 14.5 Å². The van der Waals surface area contributed by atoms with Gasteiger partial charge >= 0.3 is 5.97 Å². The van der Waals surface area contributed by atoms with Crippen LogP contribution in [0.5, 0.6) is 0 Å². The van der Waals surface area contributed by atoms with Crippen molar-refractivity contribution in [2.24, 2.45) is 0 Å². The fourth-order valence-electron chi connectivity index (χ4n) is 3.08. The van der Waals surface area contributed by atoms with Crippen molar-refractivity contribution in [3.05, 3.63) is 41.2 Å². The van der Waals surface area contributed by atoms with E-state index >= 15 is 0 Å². The summed E-state index contributed by atoms with van der Waals surface area (Å²) in [5, 5.41) is 4.57. The van der Waals surface area contributed by atoms with Gasteiger partial charge in [-0.2, -0.15) is 5.10 Å². The number of aromatic nitrogens is 4. The molecule has 0 aromatic carbocycles. The minimum absolute atomic E-state index is 0.164. The van der Waals surface area contributed by atoms with E-state index in [-0.39, 0.29) is 11.9 Å². The van der Waals surface area contributed by atoms with Crippen molar-refractivity contribution in [1.82, 2.24) is 24.6 Å². The van der Waals surface area contributed by atoms with Crippen LogP contribution in [0.1, 0.15) is 64.2 Å². The Balaban J connectivity index is 1.54.